The first-order chi connectivity index (χ1) is 9.52. The number of amides is 1. The predicted octanol–water partition coefficient (Wildman–Crippen LogP) is 0.912. The van der Waals surface area contributed by atoms with Gasteiger partial charge in [0.25, 0.3) is 5.91 Å². The number of hydrogen-bond donors (Lipinski definition) is 2. The molecule has 0 aliphatic carbocycles. The minimum absolute atomic E-state index is 0.0672. The first-order valence-corrected chi connectivity index (χ1v) is 6.19. The van der Waals surface area contributed by atoms with Crippen molar-refractivity contribution < 1.29 is 18.9 Å². The first kappa shape index (κ1) is 14.2. The molecule has 8 nitrogen and oxygen atoms in total. The Bertz CT molecular complexity index is 602. The second kappa shape index (κ2) is 5.83. The first-order valence-electron chi connectivity index (χ1n) is 6.19. The molecule has 2 heterocycles. The maximum Gasteiger partial charge on any atom is 0.274 e. The highest BCUT2D eigenvalue weighted by Gasteiger charge is 2.19. The molecule has 0 atom stereocenters. The van der Waals surface area contributed by atoms with Gasteiger partial charge in [0.15, 0.2) is 11.5 Å². The van der Waals surface area contributed by atoms with Gasteiger partial charge in [0.05, 0.1) is 18.7 Å². The maximum atomic E-state index is 11.9. The molecular weight excluding hydrogens is 264 g/mol. The molecule has 0 fully saturated rings. The van der Waals surface area contributed by atoms with Crippen molar-refractivity contribution in [3.8, 4) is 0 Å². The number of rotatable bonds is 5. The highest BCUT2D eigenvalue weighted by molar-refractivity contribution is 5.93. The summed E-state index contributed by atoms with van der Waals surface area (Å²) in [5.41, 5.74) is 0.441. The van der Waals surface area contributed by atoms with E-state index in [-0.39, 0.29) is 24.8 Å². The quantitative estimate of drug-likeness (QED) is 0.836. The molecule has 2 aromatic heterocycles. The van der Waals surface area contributed by atoms with Crippen LogP contribution in [0.25, 0.3) is 0 Å². The van der Waals surface area contributed by atoms with E-state index in [1.54, 1.807) is 6.92 Å². The van der Waals surface area contributed by atoms with Crippen LogP contribution in [0.15, 0.2) is 9.05 Å². The van der Waals surface area contributed by atoms with Crippen LogP contribution in [-0.2, 0) is 13.2 Å². The molecule has 8 heteroatoms. The van der Waals surface area contributed by atoms with E-state index in [4.69, 9.17) is 14.2 Å². The average molecular weight is 280 g/mol. The zero-order valence-electron chi connectivity index (χ0n) is 11.5. The van der Waals surface area contributed by atoms with Gasteiger partial charge in [-0.3, -0.25) is 4.79 Å². The van der Waals surface area contributed by atoms with E-state index in [2.05, 4.69) is 20.6 Å². The van der Waals surface area contributed by atoms with Crippen LogP contribution in [0.4, 0.5) is 0 Å². The van der Waals surface area contributed by atoms with Crippen LogP contribution in [0.2, 0.25) is 0 Å². The molecule has 1 amide bonds. The van der Waals surface area contributed by atoms with Gasteiger partial charge in [-0.2, -0.15) is 4.98 Å². The van der Waals surface area contributed by atoms with E-state index in [0.717, 1.165) is 0 Å². The summed E-state index contributed by atoms with van der Waals surface area (Å²) < 4.78 is 9.90. The van der Waals surface area contributed by atoms with Crippen molar-refractivity contribution in [2.75, 3.05) is 0 Å². The topological polar surface area (TPSA) is 114 Å². The Balaban J connectivity index is 2.01. The van der Waals surface area contributed by atoms with Crippen molar-refractivity contribution in [1.82, 2.24) is 20.6 Å². The van der Waals surface area contributed by atoms with Crippen molar-refractivity contribution in [1.29, 1.82) is 0 Å². The number of aliphatic hydroxyl groups excluding tert-OH is 1. The molecule has 0 radical (unpaired) electrons. The molecule has 0 aromatic carbocycles. The van der Waals surface area contributed by atoms with Crippen LogP contribution in [0.3, 0.4) is 0 Å². The normalized spacial score (nSPS) is 11.1. The number of nitrogens with one attached hydrogen (secondary N) is 1. The highest BCUT2D eigenvalue weighted by Crippen LogP contribution is 2.13. The van der Waals surface area contributed by atoms with Crippen LogP contribution in [-0.4, -0.2) is 26.3 Å². The van der Waals surface area contributed by atoms with Gasteiger partial charge in [0.2, 0.25) is 5.89 Å². The molecule has 2 aromatic rings. The fraction of sp³-hybridized carbons (Fsp3) is 0.500. The van der Waals surface area contributed by atoms with Crippen LogP contribution in [0.5, 0.6) is 0 Å². The molecule has 0 aliphatic rings. The fourth-order valence-corrected chi connectivity index (χ4v) is 1.57. The van der Waals surface area contributed by atoms with E-state index in [9.17, 15) is 4.79 Å². The summed E-state index contributed by atoms with van der Waals surface area (Å²) in [7, 11) is 0. The molecular formula is C12H16N4O4. The summed E-state index contributed by atoms with van der Waals surface area (Å²) in [5.74, 6) is 0.989. The van der Waals surface area contributed by atoms with Gasteiger partial charge >= 0.3 is 0 Å². The van der Waals surface area contributed by atoms with E-state index >= 15 is 0 Å². The zero-order chi connectivity index (χ0) is 14.7. The SMILES string of the molecule is Cc1onc(C(=O)NCc2noc(C(C)C)n2)c1CO. The standard InChI is InChI=1S/C12H16N4O4/c1-6(2)12-14-9(15-20-12)4-13-11(18)10-8(5-17)7(3)19-16-10/h6,17H,4-5H2,1-3H3,(H,13,18). The molecule has 0 bridgehead atoms. The van der Waals surface area contributed by atoms with Crippen molar-refractivity contribution in [3.63, 3.8) is 0 Å². The number of hydrogen-bond acceptors (Lipinski definition) is 7. The number of carbonyl (C=O) groups excluding carboxylic acids is 1. The number of aromatic nitrogens is 3. The average Bonchev–Trinajstić information content (AvgIpc) is 3.02. The molecule has 0 unspecified atom stereocenters. The molecule has 0 aliphatic heterocycles. The van der Waals surface area contributed by atoms with Crippen LogP contribution in [0.1, 0.15) is 53.3 Å². The monoisotopic (exact) mass is 280 g/mol. The molecule has 2 rings (SSSR count). The van der Waals surface area contributed by atoms with Gasteiger partial charge in [-0.25, -0.2) is 0 Å². The Labute approximate surface area is 115 Å². The van der Waals surface area contributed by atoms with Crippen molar-refractivity contribution in [3.05, 3.63) is 28.7 Å². The molecule has 0 saturated heterocycles. The minimum Gasteiger partial charge on any atom is -0.391 e. The molecule has 108 valence electrons. The summed E-state index contributed by atoms with van der Waals surface area (Å²) in [4.78, 5) is 16.1. The Kier molecular flexibility index (Phi) is 4.14. The lowest BCUT2D eigenvalue weighted by molar-refractivity contribution is 0.0938. The lowest BCUT2D eigenvalue weighted by Crippen LogP contribution is -2.24. The maximum absolute atomic E-state index is 11.9. The van der Waals surface area contributed by atoms with Gasteiger partial charge in [-0.1, -0.05) is 24.2 Å². The van der Waals surface area contributed by atoms with Gasteiger partial charge in [-0.15, -0.1) is 0 Å². The summed E-state index contributed by atoms with van der Waals surface area (Å²) in [6, 6.07) is 0. The van der Waals surface area contributed by atoms with E-state index in [0.29, 0.717) is 23.0 Å². The number of carbonyl (C=O) groups is 1. The minimum atomic E-state index is -0.457. The summed E-state index contributed by atoms with van der Waals surface area (Å²) in [6.07, 6.45) is 0. The number of aryl methyl sites for hydroxylation is 1. The predicted molar refractivity (Wildman–Crippen MR) is 66.7 cm³/mol. The second-order valence-electron chi connectivity index (χ2n) is 4.61. The third-order valence-electron chi connectivity index (χ3n) is 2.74. The third kappa shape index (κ3) is 2.85. The Morgan fingerprint density at radius 1 is 1.35 bits per heavy atom. The highest BCUT2D eigenvalue weighted by atomic mass is 16.5. The van der Waals surface area contributed by atoms with Crippen LogP contribution in [0, 0.1) is 6.92 Å². The van der Waals surface area contributed by atoms with E-state index in [1.807, 2.05) is 13.8 Å². The zero-order valence-corrected chi connectivity index (χ0v) is 11.5. The molecule has 0 saturated carbocycles. The van der Waals surface area contributed by atoms with Crippen molar-refractivity contribution in [2.45, 2.75) is 39.8 Å². The lowest BCUT2D eigenvalue weighted by atomic mass is 10.2. The smallest absolute Gasteiger partial charge is 0.274 e. The Morgan fingerprint density at radius 2 is 2.10 bits per heavy atom. The Morgan fingerprint density at radius 3 is 2.70 bits per heavy atom. The molecule has 20 heavy (non-hydrogen) atoms. The summed E-state index contributed by atoms with van der Waals surface area (Å²) in [5, 5.41) is 19.1. The van der Waals surface area contributed by atoms with Gasteiger partial charge in [0, 0.05) is 5.92 Å². The lowest BCUT2D eigenvalue weighted by Gasteiger charge is -2.00. The largest absolute Gasteiger partial charge is 0.391 e. The van der Waals surface area contributed by atoms with Crippen LogP contribution < -0.4 is 5.32 Å². The van der Waals surface area contributed by atoms with Gasteiger partial charge in [0.1, 0.15) is 5.76 Å². The summed E-state index contributed by atoms with van der Waals surface area (Å²) in [6.45, 7) is 5.30. The third-order valence-corrected chi connectivity index (χ3v) is 2.74. The van der Waals surface area contributed by atoms with Crippen molar-refractivity contribution in [2.24, 2.45) is 0 Å². The van der Waals surface area contributed by atoms with Crippen molar-refractivity contribution >= 4 is 5.91 Å². The van der Waals surface area contributed by atoms with E-state index < -0.39 is 5.91 Å². The fourth-order valence-electron chi connectivity index (χ4n) is 1.57. The number of aliphatic hydroxyl groups is 1. The molecule has 2 N–H and O–H groups in total. The van der Waals surface area contributed by atoms with Gasteiger partial charge in [-0.05, 0) is 6.92 Å². The number of nitrogens with zero attached hydrogens (tertiary/aromatic N) is 3. The molecule has 0 spiro atoms. The van der Waals surface area contributed by atoms with E-state index in [1.165, 1.54) is 0 Å². The van der Waals surface area contributed by atoms with Gasteiger partial charge < -0.3 is 19.5 Å². The van der Waals surface area contributed by atoms with Crippen LogP contribution >= 0.6 is 0 Å². The summed E-state index contributed by atoms with van der Waals surface area (Å²) >= 11 is 0. The second-order valence-corrected chi connectivity index (χ2v) is 4.61. The Hall–Kier alpha value is -2.22.